The third kappa shape index (κ3) is 6.58. The van der Waals surface area contributed by atoms with E-state index in [0.717, 1.165) is 5.69 Å². The first-order valence-corrected chi connectivity index (χ1v) is 10.3. The molecule has 2 aromatic rings. The van der Waals surface area contributed by atoms with E-state index in [9.17, 15) is 9.59 Å². The average molecular weight is 555 g/mol. The van der Waals surface area contributed by atoms with Crippen molar-refractivity contribution in [3.05, 3.63) is 42.2 Å². The summed E-state index contributed by atoms with van der Waals surface area (Å²) in [4.78, 5) is 33.1. The largest absolute Gasteiger partial charge is 0.497 e. The van der Waals surface area contributed by atoms with E-state index in [1.807, 2.05) is 25.1 Å². The van der Waals surface area contributed by atoms with Gasteiger partial charge in [-0.1, -0.05) is 0 Å². The first kappa shape index (κ1) is 25.4. The molecule has 0 atom stereocenters. The lowest BCUT2D eigenvalue weighted by atomic mass is 10.2. The van der Waals surface area contributed by atoms with E-state index >= 15 is 0 Å². The maximum atomic E-state index is 12.6. The fourth-order valence-electron chi connectivity index (χ4n) is 3.28. The predicted octanol–water partition coefficient (Wildman–Crippen LogP) is 1.09. The van der Waals surface area contributed by atoms with E-state index in [4.69, 9.17) is 4.74 Å². The van der Waals surface area contributed by atoms with Crippen molar-refractivity contribution in [3.8, 4) is 5.75 Å². The van der Waals surface area contributed by atoms with Gasteiger partial charge in [0.1, 0.15) is 12.3 Å². The van der Waals surface area contributed by atoms with Crippen LogP contribution in [0.15, 0.2) is 41.7 Å². The quantitative estimate of drug-likeness (QED) is 0.230. The molecule has 0 saturated carbocycles. The molecule has 0 aliphatic carbocycles. The van der Waals surface area contributed by atoms with Gasteiger partial charge in [-0.05, 0) is 31.2 Å². The van der Waals surface area contributed by atoms with Crippen molar-refractivity contribution in [3.63, 3.8) is 0 Å². The number of benzene rings is 1. The number of aromatic nitrogens is 2. The molecule has 0 spiro atoms. The summed E-state index contributed by atoms with van der Waals surface area (Å²) in [7, 11) is 3.41. The summed E-state index contributed by atoms with van der Waals surface area (Å²) >= 11 is 0. The number of ether oxygens (including phenoxy) is 1. The van der Waals surface area contributed by atoms with Gasteiger partial charge >= 0.3 is 0 Å². The molecule has 3 rings (SSSR count). The Morgan fingerprint density at radius 3 is 2.56 bits per heavy atom. The number of nitrogens with zero attached hydrogens (tertiary/aromatic N) is 5. The summed E-state index contributed by atoms with van der Waals surface area (Å²) in [6.07, 6.45) is 3.52. The first-order chi connectivity index (χ1) is 15.0. The summed E-state index contributed by atoms with van der Waals surface area (Å²) in [5.41, 5.74) is 1.36. The molecule has 2 heterocycles. The van der Waals surface area contributed by atoms with Gasteiger partial charge in [0.15, 0.2) is 5.96 Å². The zero-order valence-corrected chi connectivity index (χ0v) is 20.9. The van der Waals surface area contributed by atoms with E-state index < -0.39 is 0 Å². The molecule has 1 aromatic carbocycles. The van der Waals surface area contributed by atoms with Crippen molar-refractivity contribution in [2.45, 2.75) is 6.92 Å². The number of halogens is 1. The Hall–Kier alpha value is -2.83. The van der Waals surface area contributed by atoms with E-state index in [2.05, 4.69) is 20.7 Å². The number of piperazine rings is 1. The minimum atomic E-state index is -0.164. The van der Waals surface area contributed by atoms with Gasteiger partial charge < -0.3 is 25.2 Å². The lowest BCUT2D eigenvalue weighted by Crippen LogP contribution is -2.55. The zero-order chi connectivity index (χ0) is 22.2. The molecule has 174 valence electrons. The normalized spacial score (nSPS) is 14.1. The fourth-order valence-corrected chi connectivity index (χ4v) is 3.28. The minimum absolute atomic E-state index is 0. The monoisotopic (exact) mass is 555 g/mol. The lowest BCUT2D eigenvalue weighted by molar-refractivity contribution is -0.120. The van der Waals surface area contributed by atoms with Crippen molar-refractivity contribution >= 4 is 47.4 Å². The van der Waals surface area contributed by atoms with Crippen LogP contribution in [0, 0.1) is 0 Å². The van der Waals surface area contributed by atoms with Crippen LogP contribution in [0.5, 0.6) is 5.75 Å². The van der Waals surface area contributed by atoms with E-state index in [0.29, 0.717) is 50.0 Å². The van der Waals surface area contributed by atoms with Crippen LogP contribution in [-0.4, -0.2) is 78.8 Å². The molecular formula is C21H30IN7O3. The van der Waals surface area contributed by atoms with Crippen LogP contribution in [0.2, 0.25) is 0 Å². The number of nitrogens with one attached hydrogen (secondary N) is 2. The number of hydrogen-bond acceptors (Lipinski definition) is 5. The third-order valence-corrected chi connectivity index (χ3v) is 4.87. The molecule has 1 saturated heterocycles. The molecule has 11 heteroatoms. The fraction of sp³-hybridized carbons (Fsp3) is 0.429. The highest BCUT2D eigenvalue weighted by Crippen LogP contribution is 2.16. The number of hydrogen-bond donors (Lipinski definition) is 2. The van der Waals surface area contributed by atoms with Gasteiger partial charge in [-0.3, -0.25) is 19.3 Å². The molecular weight excluding hydrogens is 525 g/mol. The number of carbonyl (C=O) groups excluding carboxylic acids is 2. The molecule has 1 aromatic heterocycles. The lowest BCUT2D eigenvalue weighted by Gasteiger charge is -2.35. The van der Waals surface area contributed by atoms with Gasteiger partial charge in [0.25, 0.3) is 5.91 Å². The second-order valence-electron chi connectivity index (χ2n) is 7.06. The summed E-state index contributed by atoms with van der Waals surface area (Å²) in [5, 5.41) is 10.2. The number of carbonyl (C=O) groups is 2. The Labute approximate surface area is 205 Å². The maximum absolute atomic E-state index is 12.6. The van der Waals surface area contributed by atoms with Gasteiger partial charge in [0, 0.05) is 45.0 Å². The summed E-state index contributed by atoms with van der Waals surface area (Å²) in [6.45, 7) is 4.92. The highest BCUT2D eigenvalue weighted by atomic mass is 127. The maximum Gasteiger partial charge on any atom is 0.251 e. The van der Waals surface area contributed by atoms with Gasteiger partial charge in [-0.25, -0.2) is 0 Å². The molecule has 0 unspecified atom stereocenters. The summed E-state index contributed by atoms with van der Waals surface area (Å²) in [5.74, 6) is 1.20. The number of rotatable bonds is 7. The van der Waals surface area contributed by atoms with Gasteiger partial charge in [0.05, 0.1) is 25.5 Å². The molecule has 2 amide bonds. The molecule has 0 radical (unpaired) electrons. The van der Waals surface area contributed by atoms with Crippen LogP contribution < -0.4 is 20.3 Å². The Morgan fingerprint density at radius 2 is 1.97 bits per heavy atom. The van der Waals surface area contributed by atoms with E-state index in [1.54, 1.807) is 47.2 Å². The van der Waals surface area contributed by atoms with Gasteiger partial charge in [-0.15, -0.1) is 24.0 Å². The number of anilines is 1. The molecule has 2 N–H and O–H groups in total. The Bertz CT molecular complexity index is 930. The number of guanidine groups is 1. The number of aryl methyl sites for hydroxylation is 1. The van der Waals surface area contributed by atoms with Crippen molar-refractivity contribution in [1.29, 1.82) is 0 Å². The second-order valence-corrected chi connectivity index (χ2v) is 7.06. The highest BCUT2D eigenvalue weighted by Gasteiger charge is 2.27. The van der Waals surface area contributed by atoms with Crippen LogP contribution in [0.3, 0.4) is 0 Å². The zero-order valence-electron chi connectivity index (χ0n) is 18.6. The first-order valence-electron chi connectivity index (χ1n) is 10.3. The molecule has 1 aliphatic heterocycles. The van der Waals surface area contributed by atoms with Crippen LogP contribution in [0.25, 0.3) is 0 Å². The molecule has 1 fully saturated rings. The van der Waals surface area contributed by atoms with Crippen molar-refractivity contribution in [2.75, 3.05) is 51.3 Å². The number of aliphatic imine (C=N–C) groups is 1. The standard InChI is InChI=1S/C21H29N7O3.HI/c1-4-22-21(24-10-9-23-20(30)16-5-7-18(31-3)8-6-16)27-11-12-28(19(29)15-27)17-13-25-26(2)14-17;/h5-8,13-14H,4,9-12,15H2,1-3H3,(H,22,24)(H,23,30);1H. The van der Waals surface area contributed by atoms with Crippen molar-refractivity contribution in [1.82, 2.24) is 25.3 Å². The third-order valence-electron chi connectivity index (χ3n) is 4.87. The van der Waals surface area contributed by atoms with Gasteiger partial charge in [0.2, 0.25) is 5.91 Å². The molecule has 1 aliphatic rings. The summed E-state index contributed by atoms with van der Waals surface area (Å²) < 4.78 is 6.78. The van der Waals surface area contributed by atoms with Crippen LogP contribution in [0.4, 0.5) is 5.69 Å². The van der Waals surface area contributed by atoms with E-state index in [1.165, 1.54) is 0 Å². The Kier molecular flexibility index (Phi) is 9.75. The number of amides is 2. The van der Waals surface area contributed by atoms with Crippen LogP contribution in [-0.2, 0) is 11.8 Å². The molecule has 0 bridgehead atoms. The second kappa shape index (κ2) is 12.3. The predicted molar refractivity (Wildman–Crippen MR) is 134 cm³/mol. The average Bonchev–Trinajstić information content (AvgIpc) is 3.21. The van der Waals surface area contributed by atoms with Crippen molar-refractivity contribution in [2.24, 2.45) is 12.0 Å². The topological polar surface area (TPSA) is 104 Å². The Morgan fingerprint density at radius 1 is 1.22 bits per heavy atom. The smallest absolute Gasteiger partial charge is 0.251 e. The van der Waals surface area contributed by atoms with E-state index in [-0.39, 0.29) is 42.3 Å². The Balaban J connectivity index is 0.00000363. The summed E-state index contributed by atoms with van der Waals surface area (Å²) in [6, 6.07) is 6.93. The molecule has 32 heavy (non-hydrogen) atoms. The minimum Gasteiger partial charge on any atom is -0.497 e. The van der Waals surface area contributed by atoms with Crippen LogP contribution >= 0.6 is 24.0 Å². The number of methoxy groups -OCH3 is 1. The van der Waals surface area contributed by atoms with Crippen molar-refractivity contribution < 1.29 is 14.3 Å². The van der Waals surface area contributed by atoms with Gasteiger partial charge in [-0.2, -0.15) is 5.10 Å². The SMILES string of the molecule is CCNC(=NCCNC(=O)c1ccc(OC)cc1)N1CCN(c2cnn(C)c2)C(=O)C1.I. The molecule has 10 nitrogen and oxygen atoms in total. The van der Waals surface area contributed by atoms with Crippen LogP contribution in [0.1, 0.15) is 17.3 Å². The highest BCUT2D eigenvalue weighted by molar-refractivity contribution is 14.0.